The second kappa shape index (κ2) is 5.93. The number of nitro groups is 1. The molecular weight excluding hydrogens is 292 g/mol. The lowest BCUT2D eigenvalue weighted by Gasteiger charge is -2.10. The van der Waals surface area contributed by atoms with Crippen LogP contribution in [0.15, 0.2) is 36.4 Å². The van der Waals surface area contributed by atoms with Crippen molar-refractivity contribution in [2.75, 3.05) is 5.32 Å². The minimum atomic E-state index is -0.547. The van der Waals surface area contributed by atoms with Crippen molar-refractivity contribution in [3.63, 3.8) is 0 Å². The van der Waals surface area contributed by atoms with Gasteiger partial charge in [0.05, 0.1) is 4.92 Å². The van der Waals surface area contributed by atoms with E-state index in [4.69, 9.17) is 11.6 Å². The molecule has 0 aliphatic rings. The number of nitrogens with one attached hydrogen (secondary N) is 1. The maximum atomic E-state index is 12.3. The van der Waals surface area contributed by atoms with Crippen LogP contribution in [0, 0.1) is 24.0 Å². The van der Waals surface area contributed by atoms with Gasteiger partial charge in [0.25, 0.3) is 11.6 Å². The van der Waals surface area contributed by atoms with Crippen LogP contribution in [0.25, 0.3) is 0 Å². The highest BCUT2D eigenvalue weighted by atomic mass is 35.5. The highest BCUT2D eigenvalue weighted by molar-refractivity contribution is 6.31. The van der Waals surface area contributed by atoms with E-state index in [0.717, 1.165) is 5.56 Å². The van der Waals surface area contributed by atoms with Crippen molar-refractivity contribution in [3.05, 3.63) is 68.2 Å². The number of para-hydroxylation sites is 1. The molecule has 0 fully saturated rings. The summed E-state index contributed by atoms with van der Waals surface area (Å²) >= 11 is 5.89. The standard InChI is InChI=1S/C15H13ClN2O3/c1-9-6-7-11(16)8-13(9)17-15(19)12-5-3-4-10(2)14(12)18(20)21/h3-8H,1-2H3,(H,17,19). The van der Waals surface area contributed by atoms with Crippen LogP contribution >= 0.6 is 11.6 Å². The predicted octanol–water partition coefficient (Wildman–Crippen LogP) is 4.12. The van der Waals surface area contributed by atoms with Gasteiger partial charge in [0.15, 0.2) is 0 Å². The topological polar surface area (TPSA) is 72.2 Å². The van der Waals surface area contributed by atoms with Crippen molar-refractivity contribution < 1.29 is 9.72 Å². The molecule has 0 aliphatic carbocycles. The first-order valence-corrected chi connectivity index (χ1v) is 6.59. The Hall–Kier alpha value is -2.40. The van der Waals surface area contributed by atoms with E-state index in [1.807, 2.05) is 6.92 Å². The Kier molecular flexibility index (Phi) is 4.23. The number of carbonyl (C=O) groups is 1. The molecule has 5 nitrogen and oxygen atoms in total. The van der Waals surface area contributed by atoms with Crippen LogP contribution in [0.4, 0.5) is 11.4 Å². The van der Waals surface area contributed by atoms with Gasteiger partial charge in [-0.05, 0) is 37.6 Å². The number of hydrogen-bond acceptors (Lipinski definition) is 3. The van der Waals surface area contributed by atoms with Gasteiger partial charge >= 0.3 is 0 Å². The van der Waals surface area contributed by atoms with Crippen LogP contribution in [0.5, 0.6) is 0 Å². The molecule has 0 aromatic heterocycles. The summed E-state index contributed by atoms with van der Waals surface area (Å²) in [5.41, 5.74) is 1.64. The molecule has 0 heterocycles. The number of nitrogens with zero attached hydrogens (tertiary/aromatic N) is 1. The Morgan fingerprint density at radius 2 is 1.90 bits per heavy atom. The SMILES string of the molecule is Cc1ccc(Cl)cc1NC(=O)c1cccc(C)c1[N+](=O)[O-]. The van der Waals surface area contributed by atoms with Gasteiger partial charge < -0.3 is 5.32 Å². The first-order chi connectivity index (χ1) is 9.90. The van der Waals surface area contributed by atoms with E-state index >= 15 is 0 Å². The number of hydrogen-bond donors (Lipinski definition) is 1. The van der Waals surface area contributed by atoms with E-state index in [-0.39, 0.29) is 11.3 Å². The Morgan fingerprint density at radius 3 is 2.57 bits per heavy atom. The Balaban J connectivity index is 2.40. The van der Waals surface area contributed by atoms with Crippen molar-refractivity contribution in [1.82, 2.24) is 0 Å². The summed E-state index contributed by atoms with van der Waals surface area (Å²) in [6.07, 6.45) is 0. The summed E-state index contributed by atoms with van der Waals surface area (Å²) in [7, 11) is 0. The third-order valence-corrected chi connectivity index (χ3v) is 3.35. The van der Waals surface area contributed by atoms with Gasteiger partial charge in [-0.25, -0.2) is 0 Å². The molecule has 21 heavy (non-hydrogen) atoms. The second-order valence-electron chi connectivity index (χ2n) is 4.64. The van der Waals surface area contributed by atoms with Gasteiger partial charge in [0.2, 0.25) is 0 Å². The lowest BCUT2D eigenvalue weighted by Crippen LogP contribution is -2.15. The number of amides is 1. The Morgan fingerprint density at radius 1 is 1.19 bits per heavy atom. The van der Waals surface area contributed by atoms with Gasteiger partial charge in [0.1, 0.15) is 5.56 Å². The summed E-state index contributed by atoms with van der Waals surface area (Å²) < 4.78 is 0. The Labute approximate surface area is 126 Å². The maximum Gasteiger partial charge on any atom is 0.285 e. The molecular formula is C15H13ClN2O3. The Bertz CT molecular complexity index is 729. The number of benzene rings is 2. The van der Waals surface area contributed by atoms with Crippen molar-refractivity contribution in [2.24, 2.45) is 0 Å². The van der Waals surface area contributed by atoms with E-state index in [0.29, 0.717) is 16.3 Å². The molecule has 0 saturated carbocycles. The molecule has 0 radical (unpaired) electrons. The summed E-state index contributed by atoms with van der Waals surface area (Å²) in [5, 5.41) is 14.3. The van der Waals surface area contributed by atoms with E-state index in [9.17, 15) is 14.9 Å². The fraction of sp³-hybridized carbons (Fsp3) is 0.133. The number of aryl methyl sites for hydroxylation is 2. The average molecular weight is 305 g/mol. The van der Waals surface area contributed by atoms with Crippen LogP contribution in [-0.4, -0.2) is 10.8 Å². The second-order valence-corrected chi connectivity index (χ2v) is 5.08. The zero-order valence-corrected chi connectivity index (χ0v) is 12.3. The van der Waals surface area contributed by atoms with Crippen molar-refractivity contribution in [2.45, 2.75) is 13.8 Å². The van der Waals surface area contributed by atoms with Gasteiger partial charge in [-0.2, -0.15) is 0 Å². The summed E-state index contributed by atoms with van der Waals surface area (Å²) in [4.78, 5) is 22.9. The molecule has 108 valence electrons. The smallest absolute Gasteiger partial charge is 0.285 e. The molecule has 0 atom stereocenters. The normalized spacial score (nSPS) is 10.2. The van der Waals surface area contributed by atoms with Crippen LogP contribution in [0.1, 0.15) is 21.5 Å². The fourth-order valence-electron chi connectivity index (χ4n) is 2.00. The van der Waals surface area contributed by atoms with Crippen molar-refractivity contribution in [1.29, 1.82) is 0 Å². The molecule has 2 aromatic rings. The maximum absolute atomic E-state index is 12.3. The van der Waals surface area contributed by atoms with Gasteiger partial charge in [-0.15, -0.1) is 0 Å². The number of nitro benzene ring substituents is 1. The lowest BCUT2D eigenvalue weighted by atomic mass is 10.1. The van der Waals surface area contributed by atoms with Gasteiger partial charge in [-0.3, -0.25) is 14.9 Å². The molecule has 2 aromatic carbocycles. The predicted molar refractivity (Wildman–Crippen MR) is 82.0 cm³/mol. The zero-order chi connectivity index (χ0) is 15.6. The van der Waals surface area contributed by atoms with Crippen LogP contribution in [-0.2, 0) is 0 Å². The highest BCUT2D eigenvalue weighted by Gasteiger charge is 2.22. The first kappa shape index (κ1) is 15.0. The fourth-order valence-corrected chi connectivity index (χ4v) is 2.18. The quantitative estimate of drug-likeness (QED) is 0.685. The van der Waals surface area contributed by atoms with Crippen LogP contribution < -0.4 is 5.32 Å². The summed E-state index contributed by atoms with van der Waals surface area (Å²) in [5.74, 6) is -0.532. The number of rotatable bonds is 3. The molecule has 1 N–H and O–H groups in total. The number of halogens is 1. The summed E-state index contributed by atoms with van der Waals surface area (Å²) in [6, 6.07) is 9.72. The van der Waals surface area contributed by atoms with E-state index < -0.39 is 10.8 Å². The van der Waals surface area contributed by atoms with E-state index in [1.165, 1.54) is 6.07 Å². The molecule has 6 heteroatoms. The van der Waals surface area contributed by atoms with Crippen molar-refractivity contribution in [3.8, 4) is 0 Å². The first-order valence-electron chi connectivity index (χ1n) is 6.21. The van der Waals surface area contributed by atoms with Gasteiger partial charge in [-0.1, -0.05) is 29.8 Å². The minimum absolute atomic E-state index is 0.0272. The van der Waals surface area contributed by atoms with Crippen LogP contribution in [0.3, 0.4) is 0 Å². The van der Waals surface area contributed by atoms with Crippen LogP contribution in [0.2, 0.25) is 5.02 Å². The highest BCUT2D eigenvalue weighted by Crippen LogP contribution is 2.25. The van der Waals surface area contributed by atoms with Gasteiger partial charge in [0, 0.05) is 16.3 Å². The molecule has 0 bridgehead atoms. The third-order valence-electron chi connectivity index (χ3n) is 3.11. The molecule has 1 amide bonds. The lowest BCUT2D eigenvalue weighted by molar-refractivity contribution is -0.385. The number of carbonyl (C=O) groups excluding carboxylic acids is 1. The van der Waals surface area contributed by atoms with E-state index in [1.54, 1.807) is 37.3 Å². The monoisotopic (exact) mass is 304 g/mol. The molecule has 0 aliphatic heterocycles. The van der Waals surface area contributed by atoms with Crippen molar-refractivity contribution >= 4 is 28.9 Å². The molecule has 0 spiro atoms. The zero-order valence-electron chi connectivity index (χ0n) is 11.5. The third kappa shape index (κ3) is 3.20. The minimum Gasteiger partial charge on any atom is -0.321 e. The average Bonchev–Trinajstić information content (AvgIpc) is 2.42. The molecule has 0 unspecified atom stereocenters. The van der Waals surface area contributed by atoms with E-state index in [2.05, 4.69) is 5.32 Å². The molecule has 2 rings (SSSR count). The summed E-state index contributed by atoms with van der Waals surface area (Å²) in [6.45, 7) is 3.41. The largest absolute Gasteiger partial charge is 0.321 e. The molecule has 0 saturated heterocycles. The number of anilines is 1.